The van der Waals surface area contributed by atoms with Crippen molar-refractivity contribution in [1.82, 2.24) is 5.32 Å². The molecule has 1 aromatic carbocycles. The van der Waals surface area contributed by atoms with Crippen LogP contribution in [0.4, 0.5) is 4.79 Å². The van der Waals surface area contributed by atoms with Crippen LogP contribution in [0.25, 0.3) is 0 Å². The summed E-state index contributed by atoms with van der Waals surface area (Å²) in [6.45, 7) is 5.13. The first kappa shape index (κ1) is 18.3. The molecule has 0 saturated carbocycles. The van der Waals surface area contributed by atoms with Gasteiger partial charge in [0, 0.05) is 6.42 Å². The molecule has 0 heterocycles. The zero-order valence-corrected chi connectivity index (χ0v) is 14.6. The molecular weight excluding hydrogens is 354 g/mol. The molecule has 0 aliphatic carbocycles. The molecule has 1 aromatic rings. The number of benzene rings is 1. The minimum absolute atomic E-state index is 0.123. The topological polar surface area (TPSA) is 84.9 Å². The van der Waals surface area contributed by atoms with Gasteiger partial charge in [-0.2, -0.15) is 0 Å². The van der Waals surface area contributed by atoms with Gasteiger partial charge in [0.2, 0.25) is 0 Å². The average molecular weight is 374 g/mol. The third kappa shape index (κ3) is 5.93. The van der Waals surface area contributed by atoms with Gasteiger partial charge in [0.15, 0.2) is 0 Å². The number of rotatable bonds is 5. The molecule has 22 heavy (non-hydrogen) atoms. The molecule has 1 atom stereocenters. The largest absolute Gasteiger partial charge is 0.496 e. The highest BCUT2D eigenvalue weighted by Crippen LogP contribution is 2.26. The number of hydrogen-bond donors (Lipinski definition) is 2. The molecule has 0 fully saturated rings. The van der Waals surface area contributed by atoms with E-state index in [-0.39, 0.29) is 6.42 Å². The summed E-state index contributed by atoms with van der Waals surface area (Å²) < 4.78 is 11.0. The van der Waals surface area contributed by atoms with Gasteiger partial charge in [0.05, 0.1) is 11.6 Å². The summed E-state index contributed by atoms with van der Waals surface area (Å²) in [5.74, 6) is -0.536. The Morgan fingerprint density at radius 2 is 2.00 bits per heavy atom. The zero-order valence-electron chi connectivity index (χ0n) is 13.0. The molecule has 0 bridgehead atoms. The fourth-order valence-electron chi connectivity index (χ4n) is 1.72. The second-order valence-electron chi connectivity index (χ2n) is 5.71. The Labute approximate surface area is 137 Å². The van der Waals surface area contributed by atoms with E-state index in [0.29, 0.717) is 5.75 Å². The average Bonchev–Trinajstić information content (AvgIpc) is 2.37. The number of methoxy groups -OCH3 is 1. The van der Waals surface area contributed by atoms with Crippen molar-refractivity contribution in [2.45, 2.75) is 38.8 Å². The van der Waals surface area contributed by atoms with E-state index in [0.717, 1.165) is 10.0 Å². The van der Waals surface area contributed by atoms with Gasteiger partial charge in [-0.05, 0) is 54.4 Å². The lowest BCUT2D eigenvalue weighted by Gasteiger charge is -2.22. The number of halogens is 1. The van der Waals surface area contributed by atoms with Crippen LogP contribution in [0.15, 0.2) is 22.7 Å². The van der Waals surface area contributed by atoms with Crippen molar-refractivity contribution in [2.75, 3.05) is 7.11 Å². The fraction of sp³-hybridized carbons (Fsp3) is 0.467. The van der Waals surface area contributed by atoms with E-state index >= 15 is 0 Å². The van der Waals surface area contributed by atoms with Gasteiger partial charge in [-0.25, -0.2) is 9.59 Å². The second-order valence-corrected chi connectivity index (χ2v) is 6.56. The van der Waals surface area contributed by atoms with Crippen molar-refractivity contribution < 1.29 is 24.2 Å². The molecule has 0 unspecified atom stereocenters. The molecule has 122 valence electrons. The third-order valence-corrected chi connectivity index (χ3v) is 3.30. The smallest absolute Gasteiger partial charge is 0.408 e. The Morgan fingerprint density at radius 3 is 2.50 bits per heavy atom. The number of carbonyl (C=O) groups excluding carboxylic acids is 1. The molecule has 1 amide bonds. The predicted molar refractivity (Wildman–Crippen MR) is 85.2 cm³/mol. The Kier molecular flexibility index (Phi) is 6.22. The summed E-state index contributed by atoms with van der Waals surface area (Å²) >= 11 is 3.33. The van der Waals surface area contributed by atoms with Crippen LogP contribution in [0.3, 0.4) is 0 Å². The van der Waals surface area contributed by atoms with Gasteiger partial charge in [0.25, 0.3) is 0 Å². The minimum atomic E-state index is -1.13. The highest BCUT2D eigenvalue weighted by atomic mass is 79.9. The number of ether oxygens (including phenoxy) is 2. The van der Waals surface area contributed by atoms with E-state index in [4.69, 9.17) is 9.47 Å². The summed E-state index contributed by atoms with van der Waals surface area (Å²) in [6, 6.07) is 4.16. The van der Waals surface area contributed by atoms with Gasteiger partial charge in [-0.15, -0.1) is 0 Å². The van der Waals surface area contributed by atoms with Crippen LogP contribution >= 0.6 is 15.9 Å². The van der Waals surface area contributed by atoms with E-state index in [1.807, 2.05) is 0 Å². The van der Waals surface area contributed by atoms with Crippen LogP contribution in [0, 0.1) is 0 Å². The van der Waals surface area contributed by atoms with Crippen LogP contribution in [0.5, 0.6) is 5.75 Å². The molecule has 2 N–H and O–H groups in total. The molecule has 0 radical (unpaired) electrons. The third-order valence-electron chi connectivity index (χ3n) is 2.64. The van der Waals surface area contributed by atoms with Crippen LogP contribution in [0.1, 0.15) is 26.3 Å². The van der Waals surface area contributed by atoms with Gasteiger partial charge in [0.1, 0.15) is 17.4 Å². The number of amides is 1. The number of aliphatic carboxylic acids is 1. The quantitative estimate of drug-likeness (QED) is 0.828. The fourth-order valence-corrected chi connectivity index (χ4v) is 2.13. The van der Waals surface area contributed by atoms with Crippen LogP contribution in [0.2, 0.25) is 0 Å². The van der Waals surface area contributed by atoms with Crippen LogP contribution in [-0.4, -0.2) is 35.9 Å². The lowest BCUT2D eigenvalue weighted by Crippen LogP contribution is -2.44. The Hall–Kier alpha value is -1.76. The Bertz CT molecular complexity index is 553. The lowest BCUT2D eigenvalue weighted by molar-refractivity contribution is -0.139. The highest BCUT2D eigenvalue weighted by Gasteiger charge is 2.24. The number of carboxylic acid groups (broad SMARTS) is 1. The molecule has 6 nitrogen and oxygen atoms in total. The van der Waals surface area contributed by atoms with E-state index in [2.05, 4.69) is 21.2 Å². The molecule has 0 aliphatic rings. The lowest BCUT2D eigenvalue weighted by atomic mass is 10.1. The first-order valence-electron chi connectivity index (χ1n) is 6.67. The molecule has 0 aromatic heterocycles. The second kappa shape index (κ2) is 7.49. The van der Waals surface area contributed by atoms with Crippen molar-refractivity contribution in [3.63, 3.8) is 0 Å². The maximum Gasteiger partial charge on any atom is 0.408 e. The highest BCUT2D eigenvalue weighted by molar-refractivity contribution is 9.10. The van der Waals surface area contributed by atoms with Gasteiger partial charge in [-0.3, -0.25) is 0 Å². The predicted octanol–water partition coefficient (Wildman–Crippen LogP) is 2.98. The number of carbonyl (C=O) groups is 2. The van der Waals surface area contributed by atoms with Crippen molar-refractivity contribution in [3.8, 4) is 5.75 Å². The zero-order chi connectivity index (χ0) is 16.9. The molecule has 0 saturated heterocycles. The molecular formula is C15H20BrNO5. The van der Waals surface area contributed by atoms with Crippen molar-refractivity contribution in [3.05, 3.63) is 28.2 Å². The monoisotopic (exact) mass is 373 g/mol. The Morgan fingerprint density at radius 1 is 1.36 bits per heavy atom. The summed E-state index contributed by atoms with van der Waals surface area (Å²) in [5.41, 5.74) is 0.0389. The first-order valence-corrected chi connectivity index (χ1v) is 7.46. The SMILES string of the molecule is COc1cc(C[C@H](NC(=O)OC(C)(C)C)C(=O)O)ccc1Br. The first-order chi connectivity index (χ1) is 10.1. The summed E-state index contributed by atoms with van der Waals surface area (Å²) in [6.07, 6.45) is -0.637. The van der Waals surface area contributed by atoms with Crippen LogP contribution < -0.4 is 10.1 Å². The summed E-state index contributed by atoms with van der Waals surface area (Å²) in [5, 5.41) is 11.6. The van der Waals surface area contributed by atoms with Crippen LogP contribution in [-0.2, 0) is 16.0 Å². The normalized spacial score (nSPS) is 12.4. The molecule has 1 rings (SSSR count). The summed E-state index contributed by atoms with van der Waals surface area (Å²) in [7, 11) is 1.53. The van der Waals surface area contributed by atoms with Crippen molar-refractivity contribution >= 4 is 28.0 Å². The minimum Gasteiger partial charge on any atom is -0.496 e. The maximum absolute atomic E-state index is 11.7. The molecule has 7 heteroatoms. The van der Waals surface area contributed by atoms with Gasteiger partial charge >= 0.3 is 12.1 Å². The number of alkyl carbamates (subject to hydrolysis) is 1. The number of hydrogen-bond acceptors (Lipinski definition) is 4. The number of nitrogens with one attached hydrogen (secondary N) is 1. The van der Waals surface area contributed by atoms with Gasteiger partial charge in [-0.1, -0.05) is 6.07 Å². The van der Waals surface area contributed by atoms with Gasteiger partial charge < -0.3 is 19.9 Å². The van der Waals surface area contributed by atoms with Crippen molar-refractivity contribution in [1.29, 1.82) is 0 Å². The van der Waals surface area contributed by atoms with E-state index in [9.17, 15) is 14.7 Å². The van der Waals surface area contributed by atoms with E-state index in [1.54, 1.807) is 39.0 Å². The summed E-state index contributed by atoms with van der Waals surface area (Å²) in [4.78, 5) is 23.0. The standard InChI is InChI=1S/C15H20BrNO5/c1-15(2,3)22-14(20)17-11(13(18)19)7-9-5-6-10(16)12(8-9)21-4/h5-6,8,11H,7H2,1-4H3,(H,17,20)(H,18,19)/t11-/m0/s1. The Balaban J connectivity index is 2.81. The molecule has 0 aliphatic heterocycles. The molecule has 0 spiro atoms. The van der Waals surface area contributed by atoms with E-state index < -0.39 is 23.7 Å². The van der Waals surface area contributed by atoms with E-state index in [1.165, 1.54) is 7.11 Å². The maximum atomic E-state index is 11.7. The van der Waals surface area contributed by atoms with Crippen molar-refractivity contribution in [2.24, 2.45) is 0 Å². The number of carboxylic acids is 1.